The zero-order valence-corrected chi connectivity index (χ0v) is 10.5. The lowest BCUT2D eigenvalue weighted by Crippen LogP contribution is -2.13. The summed E-state index contributed by atoms with van der Waals surface area (Å²) in [4.78, 5) is 0. The van der Waals surface area contributed by atoms with Gasteiger partial charge in [0.15, 0.2) is 0 Å². The van der Waals surface area contributed by atoms with Crippen molar-refractivity contribution in [3.05, 3.63) is 35.1 Å². The first-order valence-corrected chi connectivity index (χ1v) is 6.67. The molecule has 0 saturated carbocycles. The van der Waals surface area contributed by atoms with Crippen molar-refractivity contribution in [2.45, 2.75) is 30.5 Å². The Morgan fingerprint density at radius 3 is 3.00 bits per heavy atom. The van der Waals surface area contributed by atoms with Gasteiger partial charge in [0.2, 0.25) is 0 Å². The lowest BCUT2D eigenvalue weighted by atomic mass is 10.1. The van der Waals surface area contributed by atoms with E-state index in [4.69, 9.17) is 10.00 Å². The van der Waals surface area contributed by atoms with E-state index >= 15 is 0 Å². The molecule has 1 heterocycles. The van der Waals surface area contributed by atoms with E-state index in [1.165, 1.54) is 6.07 Å². The first-order chi connectivity index (χ1) is 8.20. The van der Waals surface area contributed by atoms with Crippen molar-refractivity contribution in [1.82, 2.24) is 0 Å². The number of hydrogen-bond acceptors (Lipinski definition) is 3. The van der Waals surface area contributed by atoms with Crippen LogP contribution in [0, 0.1) is 17.1 Å². The van der Waals surface area contributed by atoms with E-state index < -0.39 is 0 Å². The van der Waals surface area contributed by atoms with Crippen LogP contribution in [0.15, 0.2) is 18.2 Å². The van der Waals surface area contributed by atoms with Crippen LogP contribution in [0.3, 0.4) is 0 Å². The van der Waals surface area contributed by atoms with Gasteiger partial charge in [0.05, 0.1) is 17.7 Å². The molecule has 2 unspecified atom stereocenters. The highest BCUT2D eigenvalue weighted by Gasteiger charge is 2.24. The van der Waals surface area contributed by atoms with Crippen LogP contribution < -0.4 is 0 Å². The van der Waals surface area contributed by atoms with Crippen molar-refractivity contribution in [1.29, 1.82) is 5.26 Å². The maximum atomic E-state index is 13.6. The third kappa shape index (κ3) is 2.99. The maximum absolute atomic E-state index is 13.6. The SMILES string of the molecule is CC1OCCC1SCc1ccc(C#N)cc1F. The average Bonchev–Trinajstić information content (AvgIpc) is 2.73. The predicted molar refractivity (Wildman–Crippen MR) is 66.2 cm³/mol. The topological polar surface area (TPSA) is 33.0 Å². The summed E-state index contributed by atoms with van der Waals surface area (Å²) in [5.74, 6) is 0.346. The molecule has 0 aliphatic carbocycles. The maximum Gasteiger partial charge on any atom is 0.128 e. The Morgan fingerprint density at radius 1 is 1.59 bits per heavy atom. The molecule has 1 aromatic rings. The van der Waals surface area contributed by atoms with Crippen molar-refractivity contribution in [2.24, 2.45) is 0 Å². The molecule has 0 N–H and O–H groups in total. The van der Waals surface area contributed by atoms with Gasteiger partial charge in [-0.2, -0.15) is 17.0 Å². The molecule has 0 bridgehead atoms. The van der Waals surface area contributed by atoms with Crippen LogP contribution in [0.2, 0.25) is 0 Å². The Morgan fingerprint density at radius 2 is 2.41 bits per heavy atom. The molecular weight excluding hydrogens is 237 g/mol. The fourth-order valence-corrected chi connectivity index (χ4v) is 3.10. The number of ether oxygens (including phenoxy) is 1. The second kappa shape index (κ2) is 5.52. The molecule has 1 saturated heterocycles. The Hall–Kier alpha value is -1.05. The van der Waals surface area contributed by atoms with Crippen LogP contribution in [0.1, 0.15) is 24.5 Å². The van der Waals surface area contributed by atoms with Crippen LogP contribution in [-0.2, 0) is 10.5 Å². The Bertz CT molecular complexity index is 444. The van der Waals surface area contributed by atoms with E-state index in [1.54, 1.807) is 23.9 Å². The smallest absolute Gasteiger partial charge is 0.128 e. The zero-order valence-electron chi connectivity index (χ0n) is 9.65. The third-order valence-electron chi connectivity index (χ3n) is 2.94. The van der Waals surface area contributed by atoms with Crippen molar-refractivity contribution in [3.63, 3.8) is 0 Å². The molecule has 2 atom stereocenters. The molecule has 0 aromatic heterocycles. The molecule has 1 fully saturated rings. The second-order valence-electron chi connectivity index (χ2n) is 4.13. The molecule has 2 rings (SSSR count). The normalized spacial score (nSPS) is 23.6. The van der Waals surface area contributed by atoms with Crippen molar-refractivity contribution < 1.29 is 9.13 Å². The minimum Gasteiger partial charge on any atom is -0.377 e. The van der Waals surface area contributed by atoms with E-state index in [-0.39, 0.29) is 11.9 Å². The summed E-state index contributed by atoms with van der Waals surface area (Å²) < 4.78 is 19.1. The monoisotopic (exact) mass is 251 g/mol. The van der Waals surface area contributed by atoms with Crippen LogP contribution in [0.25, 0.3) is 0 Å². The number of thioether (sulfide) groups is 1. The minimum atomic E-state index is -0.289. The van der Waals surface area contributed by atoms with Gasteiger partial charge < -0.3 is 4.74 Å². The van der Waals surface area contributed by atoms with Gasteiger partial charge in [-0.3, -0.25) is 0 Å². The molecule has 2 nitrogen and oxygen atoms in total. The fraction of sp³-hybridized carbons (Fsp3) is 0.462. The number of rotatable bonds is 3. The summed E-state index contributed by atoms with van der Waals surface area (Å²) in [7, 11) is 0. The summed E-state index contributed by atoms with van der Waals surface area (Å²) >= 11 is 1.72. The summed E-state index contributed by atoms with van der Waals surface area (Å²) in [6.45, 7) is 2.86. The van der Waals surface area contributed by atoms with Gasteiger partial charge in [-0.15, -0.1) is 0 Å². The van der Waals surface area contributed by atoms with E-state index in [9.17, 15) is 4.39 Å². The van der Waals surface area contributed by atoms with E-state index in [1.807, 2.05) is 6.07 Å². The van der Waals surface area contributed by atoms with Crippen molar-refractivity contribution >= 4 is 11.8 Å². The Labute approximate surface area is 105 Å². The molecular formula is C13H14FNOS. The molecule has 0 radical (unpaired) electrons. The van der Waals surface area contributed by atoms with E-state index in [2.05, 4.69) is 6.92 Å². The number of halogens is 1. The van der Waals surface area contributed by atoms with Crippen LogP contribution in [0.5, 0.6) is 0 Å². The summed E-state index contributed by atoms with van der Waals surface area (Å²) in [6, 6.07) is 6.58. The van der Waals surface area contributed by atoms with Crippen LogP contribution in [-0.4, -0.2) is 18.0 Å². The number of hydrogen-bond donors (Lipinski definition) is 0. The van der Waals surface area contributed by atoms with Crippen LogP contribution in [0.4, 0.5) is 4.39 Å². The van der Waals surface area contributed by atoms with Crippen molar-refractivity contribution in [3.8, 4) is 6.07 Å². The minimum absolute atomic E-state index is 0.251. The zero-order chi connectivity index (χ0) is 12.3. The lowest BCUT2D eigenvalue weighted by Gasteiger charge is -2.13. The molecule has 90 valence electrons. The summed E-state index contributed by atoms with van der Waals surface area (Å²) in [6.07, 6.45) is 1.28. The lowest BCUT2D eigenvalue weighted by molar-refractivity contribution is 0.127. The predicted octanol–water partition coefficient (Wildman–Crippen LogP) is 3.11. The van der Waals surface area contributed by atoms with Gasteiger partial charge in [0.25, 0.3) is 0 Å². The Kier molecular flexibility index (Phi) is 4.03. The number of nitrogens with zero attached hydrogens (tertiary/aromatic N) is 1. The third-order valence-corrected chi connectivity index (χ3v) is 4.47. The highest BCUT2D eigenvalue weighted by atomic mass is 32.2. The van der Waals surface area contributed by atoms with Gasteiger partial charge in [0, 0.05) is 17.6 Å². The average molecular weight is 251 g/mol. The fourth-order valence-electron chi connectivity index (χ4n) is 1.86. The highest BCUT2D eigenvalue weighted by molar-refractivity contribution is 7.99. The summed E-state index contributed by atoms with van der Waals surface area (Å²) in [5.41, 5.74) is 1.03. The highest BCUT2D eigenvalue weighted by Crippen LogP contribution is 2.29. The standard InChI is InChI=1S/C13H14FNOS/c1-9-13(4-5-16-9)17-8-11-3-2-10(7-15)6-12(11)14/h2-3,6,9,13H,4-5,8H2,1H3. The van der Waals surface area contributed by atoms with Gasteiger partial charge in [0.1, 0.15) is 5.82 Å². The second-order valence-corrected chi connectivity index (χ2v) is 5.36. The van der Waals surface area contributed by atoms with Gasteiger partial charge >= 0.3 is 0 Å². The molecule has 1 aliphatic rings. The molecule has 1 aliphatic heterocycles. The Balaban J connectivity index is 1.97. The first-order valence-electron chi connectivity index (χ1n) is 5.62. The summed E-state index contributed by atoms with van der Waals surface area (Å²) in [5, 5.41) is 9.10. The quantitative estimate of drug-likeness (QED) is 0.827. The number of nitriles is 1. The van der Waals surface area contributed by atoms with Crippen LogP contribution >= 0.6 is 11.8 Å². The molecule has 1 aromatic carbocycles. The molecule has 17 heavy (non-hydrogen) atoms. The van der Waals surface area contributed by atoms with Gasteiger partial charge in [-0.05, 0) is 31.0 Å². The van der Waals surface area contributed by atoms with Crippen molar-refractivity contribution in [2.75, 3.05) is 6.61 Å². The van der Waals surface area contributed by atoms with Gasteiger partial charge in [-0.1, -0.05) is 6.07 Å². The van der Waals surface area contributed by atoms with E-state index in [0.717, 1.165) is 13.0 Å². The largest absolute Gasteiger partial charge is 0.377 e. The first kappa shape index (κ1) is 12.4. The molecule has 0 spiro atoms. The molecule has 0 amide bonds. The molecule has 4 heteroatoms. The van der Waals surface area contributed by atoms with E-state index in [0.29, 0.717) is 22.1 Å². The van der Waals surface area contributed by atoms with Gasteiger partial charge in [-0.25, -0.2) is 4.39 Å². The number of benzene rings is 1.